The monoisotopic (exact) mass is 343 g/mol. The standard InChI is InChI=1S/C18H18FN3O3/c19-15-6-4-13(5-7-15)12-21(16-8-9-16)18(23)20-11-14-2-1-3-17(10-14)22(24)25/h1-7,10,16H,8-9,11-12H2,(H,20,23). The fraction of sp³-hybridized carbons (Fsp3) is 0.278. The molecule has 0 aromatic heterocycles. The summed E-state index contributed by atoms with van der Waals surface area (Å²) in [6, 6.07) is 12.2. The Bertz CT molecular complexity index is 775. The van der Waals surface area contributed by atoms with Crippen LogP contribution in [0.5, 0.6) is 0 Å². The summed E-state index contributed by atoms with van der Waals surface area (Å²) in [5.74, 6) is -0.308. The number of nitrogens with one attached hydrogen (secondary N) is 1. The van der Waals surface area contributed by atoms with Gasteiger partial charge in [0.1, 0.15) is 5.82 Å². The molecule has 1 aliphatic rings. The Balaban J connectivity index is 1.62. The predicted octanol–water partition coefficient (Wildman–Crippen LogP) is 3.61. The number of nitro groups is 1. The zero-order chi connectivity index (χ0) is 17.8. The maximum Gasteiger partial charge on any atom is 0.318 e. The quantitative estimate of drug-likeness (QED) is 0.643. The SMILES string of the molecule is O=C(NCc1cccc([N+](=O)[O-])c1)N(Cc1ccc(F)cc1)C1CC1. The van der Waals surface area contributed by atoms with Crippen molar-refractivity contribution in [2.75, 3.05) is 0 Å². The second kappa shape index (κ2) is 7.29. The van der Waals surface area contributed by atoms with Crippen molar-refractivity contribution in [3.63, 3.8) is 0 Å². The Morgan fingerprint density at radius 1 is 1.20 bits per heavy atom. The van der Waals surface area contributed by atoms with E-state index in [-0.39, 0.29) is 30.1 Å². The third-order valence-corrected chi connectivity index (χ3v) is 4.08. The smallest absolute Gasteiger partial charge is 0.318 e. The maximum atomic E-state index is 13.0. The first kappa shape index (κ1) is 16.9. The van der Waals surface area contributed by atoms with Gasteiger partial charge in [-0.3, -0.25) is 10.1 Å². The Morgan fingerprint density at radius 2 is 1.92 bits per heavy atom. The molecule has 6 nitrogen and oxygen atoms in total. The number of hydrogen-bond acceptors (Lipinski definition) is 3. The molecule has 2 aromatic rings. The average Bonchev–Trinajstić information content (AvgIpc) is 3.44. The van der Waals surface area contributed by atoms with Crippen LogP contribution in [0.15, 0.2) is 48.5 Å². The Morgan fingerprint density at radius 3 is 2.56 bits per heavy atom. The lowest BCUT2D eigenvalue weighted by Crippen LogP contribution is -2.40. The third-order valence-electron chi connectivity index (χ3n) is 4.08. The van der Waals surface area contributed by atoms with Crippen LogP contribution in [0.2, 0.25) is 0 Å². The van der Waals surface area contributed by atoms with Crippen LogP contribution in [0.3, 0.4) is 0 Å². The lowest BCUT2D eigenvalue weighted by molar-refractivity contribution is -0.384. The van der Waals surface area contributed by atoms with E-state index in [9.17, 15) is 19.3 Å². The van der Waals surface area contributed by atoms with Crippen molar-refractivity contribution in [3.05, 3.63) is 75.6 Å². The molecule has 1 aliphatic carbocycles. The van der Waals surface area contributed by atoms with Gasteiger partial charge < -0.3 is 10.2 Å². The summed E-state index contributed by atoms with van der Waals surface area (Å²) in [5, 5.41) is 13.6. The van der Waals surface area contributed by atoms with Crippen LogP contribution < -0.4 is 5.32 Å². The van der Waals surface area contributed by atoms with E-state index in [0.29, 0.717) is 12.1 Å². The molecule has 0 atom stereocenters. The summed E-state index contributed by atoms with van der Waals surface area (Å²) in [4.78, 5) is 24.6. The number of carbonyl (C=O) groups excluding carboxylic acids is 1. The van der Waals surface area contributed by atoms with Gasteiger partial charge in [-0.15, -0.1) is 0 Å². The fourth-order valence-corrected chi connectivity index (χ4v) is 2.60. The van der Waals surface area contributed by atoms with E-state index >= 15 is 0 Å². The predicted molar refractivity (Wildman–Crippen MR) is 90.3 cm³/mol. The lowest BCUT2D eigenvalue weighted by atomic mass is 10.2. The molecule has 0 spiro atoms. The van der Waals surface area contributed by atoms with Gasteiger partial charge in [0.2, 0.25) is 0 Å². The molecule has 0 saturated heterocycles. The van der Waals surface area contributed by atoms with Crippen LogP contribution in [-0.4, -0.2) is 21.9 Å². The Kier molecular flexibility index (Phi) is 4.92. The molecular formula is C18H18FN3O3. The first-order chi connectivity index (χ1) is 12.0. The van der Waals surface area contributed by atoms with Crippen molar-refractivity contribution in [2.24, 2.45) is 0 Å². The Labute approximate surface area is 144 Å². The van der Waals surface area contributed by atoms with E-state index < -0.39 is 4.92 Å². The van der Waals surface area contributed by atoms with Gasteiger partial charge in [-0.1, -0.05) is 24.3 Å². The number of halogens is 1. The molecule has 1 N–H and O–H groups in total. The molecule has 2 aromatic carbocycles. The van der Waals surface area contributed by atoms with Crippen molar-refractivity contribution in [1.82, 2.24) is 10.2 Å². The van der Waals surface area contributed by atoms with Crippen molar-refractivity contribution >= 4 is 11.7 Å². The number of nitro benzene ring substituents is 1. The summed E-state index contributed by atoms with van der Waals surface area (Å²) >= 11 is 0. The number of benzene rings is 2. The molecule has 1 saturated carbocycles. The molecule has 1 fully saturated rings. The van der Waals surface area contributed by atoms with E-state index in [2.05, 4.69) is 5.32 Å². The summed E-state index contributed by atoms with van der Waals surface area (Å²) < 4.78 is 13.0. The van der Waals surface area contributed by atoms with Gasteiger partial charge in [-0.2, -0.15) is 0 Å². The Hall–Kier alpha value is -2.96. The van der Waals surface area contributed by atoms with Crippen molar-refractivity contribution in [2.45, 2.75) is 32.0 Å². The largest absolute Gasteiger partial charge is 0.334 e. The number of rotatable bonds is 6. The van der Waals surface area contributed by atoms with Crippen LogP contribution in [0, 0.1) is 15.9 Å². The van der Waals surface area contributed by atoms with Crippen molar-refractivity contribution in [1.29, 1.82) is 0 Å². The van der Waals surface area contributed by atoms with Crippen LogP contribution >= 0.6 is 0 Å². The highest BCUT2D eigenvalue weighted by Crippen LogP contribution is 2.28. The molecule has 0 aliphatic heterocycles. The summed E-state index contributed by atoms with van der Waals surface area (Å²) in [6.45, 7) is 0.624. The molecule has 3 rings (SSSR count). The molecular weight excluding hydrogens is 325 g/mol. The molecule has 0 bridgehead atoms. The normalized spacial score (nSPS) is 13.3. The number of non-ortho nitro benzene ring substituents is 1. The maximum absolute atomic E-state index is 13.0. The highest BCUT2D eigenvalue weighted by molar-refractivity contribution is 5.75. The van der Waals surface area contributed by atoms with Crippen molar-refractivity contribution < 1.29 is 14.1 Å². The van der Waals surface area contributed by atoms with E-state index in [0.717, 1.165) is 18.4 Å². The molecule has 130 valence electrons. The number of amides is 2. The zero-order valence-electron chi connectivity index (χ0n) is 13.5. The number of nitrogens with zero attached hydrogens (tertiary/aromatic N) is 2. The lowest BCUT2D eigenvalue weighted by Gasteiger charge is -2.23. The average molecular weight is 343 g/mol. The second-order valence-electron chi connectivity index (χ2n) is 6.07. The van der Waals surface area contributed by atoms with E-state index in [4.69, 9.17) is 0 Å². The highest BCUT2D eigenvalue weighted by Gasteiger charge is 2.32. The first-order valence-corrected chi connectivity index (χ1v) is 8.05. The van der Waals surface area contributed by atoms with Gasteiger partial charge in [0.05, 0.1) is 4.92 Å². The molecule has 0 radical (unpaired) electrons. The number of hydrogen-bond donors (Lipinski definition) is 1. The molecule has 2 amide bonds. The van der Waals surface area contributed by atoms with Gasteiger partial charge in [-0.05, 0) is 36.1 Å². The topological polar surface area (TPSA) is 75.5 Å². The molecule has 0 unspecified atom stereocenters. The molecule has 25 heavy (non-hydrogen) atoms. The number of urea groups is 1. The van der Waals surface area contributed by atoms with Gasteiger partial charge >= 0.3 is 6.03 Å². The van der Waals surface area contributed by atoms with Gasteiger partial charge in [0.15, 0.2) is 0 Å². The molecule has 7 heteroatoms. The van der Waals surface area contributed by atoms with Crippen LogP contribution in [-0.2, 0) is 13.1 Å². The minimum atomic E-state index is -0.462. The van der Waals surface area contributed by atoms with Crippen LogP contribution in [0.4, 0.5) is 14.9 Å². The number of carbonyl (C=O) groups is 1. The van der Waals surface area contributed by atoms with E-state index in [1.807, 2.05) is 0 Å². The fourth-order valence-electron chi connectivity index (χ4n) is 2.60. The molecule has 0 heterocycles. The summed E-state index contributed by atoms with van der Waals surface area (Å²) in [5.41, 5.74) is 1.52. The highest BCUT2D eigenvalue weighted by atomic mass is 19.1. The second-order valence-corrected chi connectivity index (χ2v) is 6.07. The van der Waals surface area contributed by atoms with Gasteiger partial charge in [-0.25, -0.2) is 9.18 Å². The van der Waals surface area contributed by atoms with E-state index in [1.54, 1.807) is 29.2 Å². The summed E-state index contributed by atoms with van der Waals surface area (Å²) in [6.07, 6.45) is 1.90. The zero-order valence-corrected chi connectivity index (χ0v) is 13.5. The van der Waals surface area contributed by atoms with Crippen LogP contribution in [0.25, 0.3) is 0 Å². The minimum absolute atomic E-state index is 0.00268. The summed E-state index contributed by atoms with van der Waals surface area (Å²) in [7, 11) is 0. The van der Waals surface area contributed by atoms with Gasteiger partial charge in [0, 0.05) is 31.3 Å². The third kappa shape index (κ3) is 4.53. The first-order valence-electron chi connectivity index (χ1n) is 8.05. The van der Waals surface area contributed by atoms with Gasteiger partial charge in [0.25, 0.3) is 5.69 Å². The minimum Gasteiger partial charge on any atom is -0.334 e. The van der Waals surface area contributed by atoms with Crippen LogP contribution in [0.1, 0.15) is 24.0 Å². The van der Waals surface area contributed by atoms with E-state index in [1.165, 1.54) is 24.3 Å². The van der Waals surface area contributed by atoms with Crippen molar-refractivity contribution in [3.8, 4) is 0 Å².